The Morgan fingerprint density at radius 2 is 1.97 bits per heavy atom. The van der Waals surface area contributed by atoms with Gasteiger partial charge < -0.3 is 14.8 Å². The Morgan fingerprint density at radius 3 is 2.69 bits per heavy atom. The Labute approximate surface area is 209 Å². The minimum absolute atomic E-state index is 0.0292. The Kier molecular flexibility index (Phi) is 7.36. The summed E-state index contributed by atoms with van der Waals surface area (Å²) in [6, 6.07) is 13.4. The zero-order valence-corrected chi connectivity index (χ0v) is 20.1. The summed E-state index contributed by atoms with van der Waals surface area (Å²) in [6.45, 7) is 3.99. The van der Waals surface area contributed by atoms with Gasteiger partial charge in [0.25, 0.3) is 11.5 Å². The van der Waals surface area contributed by atoms with Gasteiger partial charge in [0.05, 0.1) is 12.3 Å². The maximum atomic E-state index is 13.1. The third-order valence-corrected chi connectivity index (χ3v) is 5.64. The molecule has 0 aliphatic carbocycles. The predicted molar refractivity (Wildman–Crippen MR) is 132 cm³/mol. The second kappa shape index (κ2) is 10.8. The molecule has 0 radical (unpaired) electrons. The van der Waals surface area contributed by atoms with Crippen LogP contribution in [0, 0.1) is 24.1 Å². The van der Waals surface area contributed by atoms with Gasteiger partial charge in [0.1, 0.15) is 29.1 Å². The van der Waals surface area contributed by atoms with E-state index in [-0.39, 0.29) is 17.7 Å². The van der Waals surface area contributed by atoms with Gasteiger partial charge >= 0.3 is 0 Å². The summed E-state index contributed by atoms with van der Waals surface area (Å²) in [4.78, 5) is 29.7. The molecule has 0 fully saturated rings. The highest BCUT2D eigenvalue weighted by Gasteiger charge is 2.13. The van der Waals surface area contributed by atoms with Crippen molar-refractivity contribution in [2.75, 3.05) is 11.9 Å². The molecule has 0 aliphatic rings. The van der Waals surface area contributed by atoms with Crippen molar-refractivity contribution in [2.24, 2.45) is 0 Å². The first-order valence-electron chi connectivity index (χ1n) is 10.8. The van der Waals surface area contributed by atoms with Crippen LogP contribution < -0.4 is 20.3 Å². The number of nitrogens with one attached hydrogen (secondary N) is 1. The Hall–Kier alpha value is -4.56. The average molecular weight is 506 g/mol. The van der Waals surface area contributed by atoms with Crippen LogP contribution >= 0.6 is 11.3 Å². The lowest BCUT2D eigenvalue weighted by molar-refractivity contribution is -0.112. The molecular formula is C25H20FN5O4S. The van der Waals surface area contributed by atoms with Crippen molar-refractivity contribution in [3.8, 4) is 17.6 Å². The van der Waals surface area contributed by atoms with Gasteiger partial charge in [-0.3, -0.25) is 9.59 Å². The van der Waals surface area contributed by atoms with Crippen LogP contribution in [-0.2, 0) is 11.4 Å². The highest BCUT2D eigenvalue weighted by atomic mass is 32.1. The molecule has 36 heavy (non-hydrogen) atoms. The van der Waals surface area contributed by atoms with Crippen molar-refractivity contribution in [3.63, 3.8) is 0 Å². The molecule has 0 aliphatic heterocycles. The number of benzene rings is 2. The average Bonchev–Trinajstić information content (AvgIpc) is 3.24. The van der Waals surface area contributed by atoms with E-state index in [2.05, 4.69) is 15.4 Å². The number of rotatable bonds is 8. The number of anilines is 1. The molecule has 0 atom stereocenters. The normalized spacial score (nSPS) is 11.2. The lowest BCUT2D eigenvalue weighted by Crippen LogP contribution is -2.16. The van der Waals surface area contributed by atoms with E-state index in [0.717, 1.165) is 5.01 Å². The summed E-state index contributed by atoms with van der Waals surface area (Å²) in [7, 11) is 0. The standard InChI is InChI=1S/C25H20FN5O4S/c1-3-34-22-11-16(10-17(13-27)24(33)28-19-7-5-18(26)6-8-19)4-9-21(22)35-14-20-12-23(32)31-25(29-20)36-15(2)30-31/h4-12H,3,14H2,1-2H3,(H,28,33). The number of hydrogen-bond donors (Lipinski definition) is 1. The summed E-state index contributed by atoms with van der Waals surface area (Å²) < 4.78 is 25.9. The van der Waals surface area contributed by atoms with E-state index in [1.54, 1.807) is 25.1 Å². The molecule has 0 bridgehead atoms. The quantitative estimate of drug-likeness (QED) is 0.283. The monoisotopic (exact) mass is 505 g/mol. The van der Waals surface area contributed by atoms with Crippen LogP contribution in [0.3, 0.4) is 0 Å². The molecule has 0 spiro atoms. The fourth-order valence-electron chi connectivity index (χ4n) is 3.23. The van der Waals surface area contributed by atoms with Crippen molar-refractivity contribution in [3.05, 3.63) is 86.5 Å². The highest BCUT2D eigenvalue weighted by Crippen LogP contribution is 2.30. The summed E-state index contributed by atoms with van der Waals surface area (Å²) in [5.74, 6) is -0.259. The first-order chi connectivity index (χ1) is 17.4. The minimum atomic E-state index is -0.631. The SMILES string of the molecule is CCOc1cc(C=C(C#N)C(=O)Nc2ccc(F)cc2)ccc1OCc1cc(=O)n2nc(C)sc2n1. The van der Waals surface area contributed by atoms with Crippen LogP contribution in [0.4, 0.5) is 10.1 Å². The first kappa shape index (κ1) is 24.6. The third kappa shape index (κ3) is 5.73. The lowest BCUT2D eigenvalue weighted by atomic mass is 10.1. The molecule has 4 aromatic rings. The summed E-state index contributed by atoms with van der Waals surface area (Å²) in [5, 5.41) is 16.9. The van der Waals surface area contributed by atoms with Gasteiger partial charge in [-0.1, -0.05) is 17.4 Å². The van der Waals surface area contributed by atoms with Crippen LogP contribution in [-0.4, -0.2) is 27.1 Å². The van der Waals surface area contributed by atoms with Crippen molar-refractivity contribution in [1.29, 1.82) is 5.26 Å². The van der Waals surface area contributed by atoms with Gasteiger partial charge in [0, 0.05) is 11.8 Å². The number of ether oxygens (including phenoxy) is 2. The Balaban J connectivity index is 1.53. The fourth-order valence-corrected chi connectivity index (χ4v) is 3.99. The van der Waals surface area contributed by atoms with Crippen molar-refractivity contribution >= 4 is 34.0 Å². The molecule has 2 heterocycles. The van der Waals surface area contributed by atoms with Crippen LogP contribution in [0.1, 0.15) is 23.2 Å². The van der Waals surface area contributed by atoms with E-state index in [9.17, 15) is 19.2 Å². The van der Waals surface area contributed by atoms with Crippen molar-refractivity contribution < 1.29 is 18.7 Å². The number of carbonyl (C=O) groups excluding carboxylic acids is 1. The number of hydrogen-bond acceptors (Lipinski definition) is 8. The van der Waals surface area contributed by atoms with Crippen molar-refractivity contribution in [1.82, 2.24) is 14.6 Å². The predicted octanol–water partition coefficient (Wildman–Crippen LogP) is 4.12. The maximum Gasteiger partial charge on any atom is 0.275 e. The van der Waals surface area contributed by atoms with E-state index < -0.39 is 11.7 Å². The van der Waals surface area contributed by atoms with E-state index in [4.69, 9.17) is 9.47 Å². The number of carbonyl (C=O) groups is 1. The number of nitriles is 1. The van der Waals surface area contributed by atoms with Gasteiger partial charge in [0.2, 0.25) is 4.96 Å². The number of aryl methyl sites for hydroxylation is 1. The highest BCUT2D eigenvalue weighted by molar-refractivity contribution is 7.16. The summed E-state index contributed by atoms with van der Waals surface area (Å²) in [6.07, 6.45) is 1.41. The Morgan fingerprint density at radius 1 is 1.19 bits per heavy atom. The topological polar surface area (TPSA) is 119 Å². The number of fused-ring (bicyclic) bond motifs is 1. The largest absolute Gasteiger partial charge is 0.490 e. The number of aromatic nitrogens is 3. The summed E-state index contributed by atoms with van der Waals surface area (Å²) in [5.41, 5.74) is 0.903. The second-order valence-electron chi connectivity index (χ2n) is 7.46. The number of amides is 1. The molecule has 1 N–H and O–H groups in total. The molecule has 1 amide bonds. The molecule has 0 saturated heterocycles. The van der Waals surface area contributed by atoms with Crippen molar-refractivity contribution in [2.45, 2.75) is 20.5 Å². The molecular weight excluding hydrogens is 485 g/mol. The Bertz CT molecular complexity index is 1550. The van der Waals surface area contributed by atoms with Crippen LogP contribution in [0.5, 0.6) is 11.5 Å². The molecule has 9 nitrogen and oxygen atoms in total. The lowest BCUT2D eigenvalue weighted by Gasteiger charge is -2.12. The van der Waals surface area contributed by atoms with Crippen LogP contribution in [0.15, 0.2) is 58.9 Å². The van der Waals surface area contributed by atoms with E-state index in [1.165, 1.54) is 52.3 Å². The zero-order valence-electron chi connectivity index (χ0n) is 19.3. The zero-order chi connectivity index (χ0) is 25.7. The van der Waals surface area contributed by atoms with Gasteiger partial charge in [-0.2, -0.15) is 14.9 Å². The molecule has 2 aromatic carbocycles. The van der Waals surface area contributed by atoms with E-state index in [1.807, 2.05) is 13.0 Å². The molecule has 182 valence electrons. The smallest absolute Gasteiger partial charge is 0.275 e. The van der Waals surface area contributed by atoms with Crippen LogP contribution in [0.2, 0.25) is 0 Å². The first-order valence-corrected chi connectivity index (χ1v) is 11.6. The van der Waals surface area contributed by atoms with E-state index in [0.29, 0.717) is 40.0 Å². The van der Waals surface area contributed by atoms with Gasteiger partial charge in [-0.15, -0.1) is 0 Å². The third-order valence-electron chi connectivity index (χ3n) is 4.82. The number of nitrogens with zero attached hydrogens (tertiary/aromatic N) is 4. The molecule has 0 unspecified atom stereocenters. The molecule has 0 saturated carbocycles. The van der Waals surface area contributed by atoms with Crippen LogP contribution in [0.25, 0.3) is 11.0 Å². The fraction of sp³-hybridized carbons (Fsp3) is 0.160. The van der Waals surface area contributed by atoms with Gasteiger partial charge in [0.15, 0.2) is 11.5 Å². The summed E-state index contributed by atoms with van der Waals surface area (Å²) >= 11 is 1.30. The second-order valence-corrected chi connectivity index (χ2v) is 8.62. The van der Waals surface area contributed by atoms with E-state index >= 15 is 0 Å². The molecule has 2 aromatic heterocycles. The number of halogens is 1. The maximum absolute atomic E-state index is 13.1. The minimum Gasteiger partial charge on any atom is -0.490 e. The molecule has 4 rings (SSSR count). The van der Waals surface area contributed by atoms with Gasteiger partial charge in [-0.05, 0) is 61.9 Å². The molecule has 11 heteroatoms. The van der Waals surface area contributed by atoms with Gasteiger partial charge in [-0.25, -0.2) is 9.37 Å².